The summed E-state index contributed by atoms with van der Waals surface area (Å²) in [5, 5.41) is 11.6. The average molecular weight is 380 g/mol. The van der Waals surface area contributed by atoms with Crippen molar-refractivity contribution in [3.8, 4) is 0 Å². The van der Waals surface area contributed by atoms with E-state index in [4.69, 9.17) is 20.3 Å². The summed E-state index contributed by atoms with van der Waals surface area (Å²) in [5.41, 5.74) is 6.78. The number of carbonyl (C=O) groups excluding carboxylic acids is 2. The highest BCUT2D eigenvalue weighted by atomic mass is 16.6. The summed E-state index contributed by atoms with van der Waals surface area (Å²) in [6, 6.07) is 7.62. The highest BCUT2D eigenvalue weighted by Crippen LogP contribution is 2.10. The molecule has 152 valence electrons. The third-order valence-electron chi connectivity index (χ3n) is 3.69. The van der Waals surface area contributed by atoms with Crippen LogP contribution < -0.4 is 11.1 Å². The fraction of sp³-hybridized carbons (Fsp3) is 0.600. The van der Waals surface area contributed by atoms with Gasteiger partial charge in [0.25, 0.3) is 0 Å². The van der Waals surface area contributed by atoms with Gasteiger partial charge in [-0.1, -0.05) is 24.3 Å². The summed E-state index contributed by atoms with van der Waals surface area (Å²) < 4.78 is 10.9. The molecule has 0 aliphatic heterocycles. The largest absolute Gasteiger partial charge is 0.444 e. The summed E-state index contributed by atoms with van der Waals surface area (Å²) in [7, 11) is 0. The number of amides is 2. The van der Waals surface area contributed by atoms with Gasteiger partial charge < -0.3 is 25.6 Å². The molecule has 0 heterocycles. The van der Waals surface area contributed by atoms with Gasteiger partial charge in [-0.25, -0.2) is 4.79 Å². The second kappa shape index (κ2) is 11.6. The number of alkyl carbamates (subject to hydrolysis) is 1. The minimum Gasteiger partial charge on any atom is -0.444 e. The lowest BCUT2D eigenvalue weighted by molar-refractivity contribution is -0.118. The number of carbonyl (C=O) groups is 2. The van der Waals surface area contributed by atoms with E-state index in [1.165, 1.54) is 5.56 Å². The van der Waals surface area contributed by atoms with Gasteiger partial charge in [0.05, 0.1) is 19.3 Å². The SMILES string of the molecule is CC(C)(C)OC(=O)NC(CCC(N)=O)COCc1ccc(CCCO)cc1. The Kier molecular flexibility index (Phi) is 9.82. The molecule has 1 rings (SSSR count). The van der Waals surface area contributed by atoms with E-state index in [0.29, 0.717) is 13.0 Å². The Morgan fingerprint density at radius 3 is 2.37 bits per heavy atom. The maximum atomic E-state index is 11.9. The number of primary amides is 1. The smallest absolute Gasteiger partial charge is 0.407 e. The van der Waals surface area contributed by atoms with Gasteiger partial charge in [0.1, 0.15) is 5.60 Å². The third kappa shape index (κ3) is 11.2. The number of hydrogen-bond donors (Lipinski definition) is 3. The normalized spacial score (nSPS) is 12.4. The first-order valence-electron chi connectivity index (χ1n) is 9.24. The summed E-state index contributed by atoms with van der Waals surface area (Å²) >= 11 is 0. The van der Waals surface area contributed by atoms with Gasteiger partial charge in [0.2, 0.25) is 5.91 Å². The van der Waals surface area contributed by atoms with Crippen LogP contribution in [0.4, 0.5) is 4.79 Å². The van der Waals surface area contributed by atoms with Crippen molar-refractivity contribution in [3.05, 3.63) is 35.4 Å². The third-order valence-corrected chi connectivity index (χ3v) is 3.69. The van der Waals surface area contributed by atoms with Crippen LogP contribution >= 0.6 is 0 Å². The molecule has 0 aliphatic carbocycles. The van der Waals surface area contributed by atoms with Crippen LogP contribution in [0.2, 0.25) is 0 Å². The van der Waals surface area contributed by atoms with E-state index in [0.717, 1.165) is 18.4 Å². The van der Waals surface area contributed by atoms with Crippen LogP contribution in [0.1, 0.15) is 51.2 Å². The zero-order valence-corrected chi connectivity index (χ0v) is 16.5. The zero-order valence-electron chi connectivity index (χ0n) is 16.5. The van der Waals surface area contributed by atoms with Gasteiger partial charge in [0, 0.05) is 13.0 Å². The fourth-order valence-corrected chi connectivity index (χ4v) is 2.39. The van der Waals surface area contributed by atoms with Crippen LogP contribution in [-0.4, -0.2) is 42.0 Å². The van der Waals surface area contributed by atoms with Gasteiger partial charge in [-0.2, -0.15) is 0 Å². The van der Waals surface area contributed by atoms with Crippen molar-refractivity contribution >= 4 is 12.0 Å². The lowest BCUT2D eigenvalue weighted by Gasteiger charge is -2.23. The van der Waals surface area contributed by atoms with Gasteiger partial charge >= 0.3 is 6.09 Å². The van der Waals surface area contributed by atoms with Crippen LogP contribution in [0.5, 0.6) is 0 Å². The molecule has 0 spiro atoms. The molecule has 1 aromatic rings. The van der Waals surface area contributed by atoms with E-state index in [-0.39, 0.29) is 25.7 Å². The van der Waals surface area contributed by atoms with Crippen LogP contribution in [0.3, 0.4) is 0 Å². The number of nitrogens with two attached hydrogens (primary N) is 1. The highest BCUT2D eigenvalue weighted by Gasteiger charge is 2.20. The first-order chi connectivity index (χ1) is 12.7. The lowest BCUT2D eigenvalue weighted by Crippen LogP contribution is -2.42. The van der Waals surface area contributed by atoms with Crippen LogP contribution in [0.25, 0.3) is 0 Å². The standard InChI is InChI=1S/C20H32N2O5/c1-20(2,3)27-19(25)22-17(10-11-18(21)24)14-26-13-16-8-6-15(7-9-16)5-4-12-23/h6-9,17,23H,4-5,10-14H2,1-3H3,(H2,21,24)(H,22,25). The Morgan fingerprint density at radius 2 is 1.81 bits per heavy atom. The predicted molar refractivity (Wildman–Crippen MR) is 103 cm³/mol. The number of benzene rings is 1. The number of ether oxygens (including phenoxy) is 2. The maximum absolute atomic E-state index is 11.9. The molecule has 7 heteroatoms. The van der Waals surface area contributed by atoms with Crippen LogP contribution in [0, 0.1) is 0 Å². The second-order valence-corrected chi connectivity index (χ2v) is 7.51. The monoisotopic (exact) mass is 380 g/mol. The number of rotatable bonds is 11. The Morgan fingerprint density at radius 1 is 1.19 bits per heavy atom. The predicted octanol–water partition coefficient (Wildman–Crippen LogP) is 2.29. The van der Waals surface area contributed by atoms with E-state index in [1.807, 2.05) is 24.3 Å². The van der Waals surface area contributed by atoms with E-state index in [2.05, 4.69) is 5.32 Å². The first kappa shape index (κ1) is 22.9. The molecular weight excluding hydrogens is 348 g/mol. The van der Waals surface area contributed by atoms with Crippen molar-refractivity contribution in [1.29, 1.82) is 0 Å². The van der Waals surface area contributed by atoms with E-state index in [9.17, 15) is 9.59 Å². The summed E-state index contributed by atoms with van der Waals surface area (Å²) in [6.45, 7) is 6.17. The van der Waals surface area contributed by atoms with E-state index >= 15 is 0 Å². The highest BCUT2D eigenvalue weighted by molar-refractivity contribution is 5.74. The quantitative estimate of drug-likeness (QED) is 0.545. The van der Waals surface area contributed by atoms with Crippen molar-refractivity contribution in [2.75, 3.05) is 13.2 Å². The molecule has 0 saturated carbocycles. The van der Waals surface area contributed by atoms with Gasteiger partial charge in [0.15, 0.2) is 0 Å². The average Bonchev–Trinajstić information content (AvgIpc) is 2.57. The Hall–Kier alpha value is -2.12. The maximum Gasteiger partial charge on any atom is 0.407 e. The molecule has 27 heavy (non-hydrogen) atoms. The minimum absolute atomic E-state index is 0.156. The molecular formula is C20H32N2O5. The Labute approximate surface area is 161 Å². The molecule has 0 saturated heterocycles. The molecule has 0 aromatic heterocycles. The van der Waals surface area contributed by atoms with Gasteiger partial charge in [-0.15, -0.1) is 0 Å². The number of aliphatic hydroxyl groups excluding tert-OH is 1. The Bertz CT molecular complexity index is 581. The molecule has 0 bridgehead atoms. The molecule has 7 nitrogen and oxygen atoms in total. The fourth-order valence-electron chi connectivity index (χ4n) is 2.39. The van der Waals surface area contributed by atoms with Crippen LogP contribution in [0.15, 0.2) is 24.3 Å². The molecule has 0 radical (unpaired) electrons. The molecule has 1 unspecified atom stereocenters. The molecule has 1 aromatic carbocycles. The van der Waals surface area contributed by atoms with E-state index in [1.54, 1.807) is 20.8 Å². The van der Waals surface area contributed by atoms with Crippen molar-refractivity contribution < 1.29 is 24.2 Å². The van der Waals surface area contributed by atoms with E-state index < -0.39 is 17.6 Å². The van der Waals surface area contributed by atoms with Gasteiger partial charge in [-0.05, 0) is 51.2 Å². The van der Waals surface area contributed by atoms with Crippen molar-refractivity contribution in [2.24, 2.45) is 5.73 Å². The summed E-state index contributed by atoms with van der Waals surface area (Å²) in [6.07, 6.45) is 1.58. The first-order valence-corrected chi connectivity index (χ1v) is 9.24. The molecule has 2 amide bonds. The number of nitrogens with one attached hydrogen (secondary N) is 1. The lowest BCUT2D eigenvalue weighted by atomic mass is 10.1. The van der Waals surface area contributed by atoms with Crippen LogP contribution in [-0.2, 0) is 27.3 Å². The number of aryl methyl sites for hydroxylation is 1. The molecule has 0 aliphatic rings. The summed E-state index contributed by atoms with van der Waals surface area (Å²) in [4.78, 5) is 23.0. The molecule has 0 fully saturated rings. The topological polar surface area (TPSA) is 111 Å². The van der Waals surface area contributed by atoms with Crippen molar-refractivity contribution in [3.63, 3.8) is 0 Å². The summed E-state index contributed by atoms with van der Waals surface area (Å²) in [5.74, 6) is -0.426. The molecule has 4 N–H and O–H groups in total. The second-order valence-electron chi connectivity index (χ2n) is 7.51. The van der Waals surface area contributed by atoms with Crippen molar-refractivity contribution in [2.45, 2.75) is 64.7 Å². The minimum atomic E-state index is -0.600. The number of hydrogen-bond acceptors (Lipinski definition) is 5. The van der Waals surface area contributed by atoms with Crippen molar-refractivity contribution in [1.82, 2.24) is 5.32 Å². The zero-order chi connectivity index (χ0) is 20.3. The Balaban J connectivity index is 2.49. The number of aliphatic hydroxyl groups is 1. The molecule has 1 atom stereocenters. The van der Waals surface area contributed by atoms with Gasteiger partial charge in [-0.3, -0.25) is 4.79 Å².